The molecule has 20 heavy (non-hydrogen) atoms. The Morgan fingerprint density at radius 1 is 1.35 bits per heavy atom. The standard InChI is InChI=1S/C15H20N2O3/c1-11-5-7-12(8-6-11)16-14(18)10-17-9-3-4-13(17)15(19)20-2/h5-8,13H,3-4,9-10H2,1-2H3,(H,16,18). The van der Waals surface area contributed by atoms with Crippen LogP contribution in [-0.2, 0) is 14.3 Å². The Balaban J connectivity index is 1.90. The summed E-state index contributed by atoms with van der Waals surface area (Å²) in [6.45, 7) is 2.96. The minimum atomic E-state index is -0.288. The molecule has 0 spiro atoms. The van der Waals surface area contributed by atoms with Gasteiger partial charge in [0, 0.05) is 5.69 Å². The summed E-state index contributed by atoms with van der Waals surface area (Å²) in [6, 6.07) is 7.35. The van der Waals surface area contributed by atoms with E-state index in [0.29, 0.717) is 0 Å². The summed E-state index contributed by atoms with van der Waals surface area (Å²) in [4.78, 5) is 25.5. The van der Waals surface area contributed by atoms with E-state index in [9.17, 15) is 9.59 Å². The molecule has 1 saturated heterocycles. The van der Waals surface area contributed by atoms with Crippen LogP contribution in [0.15, 0.2) is 24.3 Å². The molecule has 0 bridgehead atoms. The maximum absolute atomic E-state index is 12.0. The van der Waals surface area contributed by atoms with E-state index in [0.717, 1.165) is 30.6 Å². The first-order valence-corrected chi connectivity index (χ1v) is 6.78. The first kappa shape index (κ1) is 14.5. The topological polar surface area (TPSA) is 58.6 Å². The SMILES string of the molecule is COC(=O)C1CCCN1CC(=O)Nc1ccc(C)cc1. The molecule has 1 aromatic rings. The van der Waals surface area contributed by atoms with E-state index >= 15 is 0 Å². The molecule has 1 N–H and O–H groups in total. The van der Waals surface area contributed by atoms with Gasteiger partial charge in [0.05, 0.1) is 13.7 Å². The third-order valence-corrected chi connectivity index (χ3v) is 3.52. The fraction of sp³-hybridized carbons (Fsp3) is 0.467. The Morgan fingerprint density at radius 2 is 2.05 bits per heavy atom. The van der Waals surface area contributed by atoms with E-state index in [2.05, 4.69) is 5.32 Å². The Hall–Kier alpha value is -1.88. The molecule has 1 fully saturated rings. The number of carbonyl (C=O) groups excluding carboxylic acids is 2. The van der Waals surface area contributed by atoms with E-state index in [1.165, 1.54) is 7.11 Å². The molecule has 0 saturated carbocycles. The summed E-state index contributed by atoms with van der Waals surface area (Å²) in [6.07, 6.45) is 1.67. The largest absolute Gasteiger partial charge is 0.468 e. The number of methoxy groups -OCH3 is 1. The summed E-state index contributed by atoms with van der Waals surface area (Å²) >= 11 is 0. The Kier molecular flexibility index (Phi) is 4.74. The highest BCUT2D eigenvalue weighted by atomic mass is 16.5. The van der Waals surface area contributed by atoms with Crippen molar-refractivity contribution in [2.24, 2.45) is 0 Å². The average Bonchev–Trinajstić information content (AvgIpc) is 2.88. The van der Waals surface area contributed by atoms with Gasteiger partial charge in [-0.1, -0.05) is 17.7 Å². The molecule has 1 aliphatic heterocycles. The zero-order valence-electron chi connectivity index (χ0n) is 11.9. The predicted octanol–water partition coefficient (Wildman–Crippen LogP) is 1.57. The van der Waals surface area contributed by atoms with Crippen LogP contribution in [0.25, 0.3) is 0 Å². The van der Waals surface area contributed by atoms with Gasteiger partial charge in [-0.2, -0.15) is 0 Å². The molecule has 0 aromatic heterocycles. The molecule has 1 aromatic carbocycles. The van der Waals surface area contributed by atoms with Gasteiger partial charge in [0.25, 0.3) is 0 Å². The lowest BCUT2D eigenvalue weighted by atomic mass is 10.2. The smallest absolute Gasteiger partial charge is 0.323 e. The molecule has 5 heteroatoms. The summed E-state index contributed by atoms with van der Waals surface area (Å²) in [5.74, 6) is -0.365. The Morgan fingerprint density at radius 3 is 2.70 bits per heavy atom. The van der Waals surface area contributed by atoms with Crippen LogP contribution in [-0.4, -0.2) is 43.0 Å². The van der Waals surface area contributed by atoms with E-state index in [1.807, 2.05) is 36.1 Å². The minimum absolute atomic E-state index is 0.107. The molecule has 108 valence electrons. The molecule has 1 heterocycles. The molecule has 1 atom stereocenters. The zero-order chi connectivity index (χ0) is 14.5. The number of ether oxygens (including phenoxy) is 1. The van der Waals surface area contributed by atoms with Gasteiger partial charge in [0.2, 0.25) is 5.91 Å². The van der Waals surface area contributed by atoms with Gasteiger partial charge in [-0.05, 0) is 38.4 Å². The third-order valence-electron chi connectivity index (χ3n) is 3.52. The Labute approximate surface area is 118 Å². The summed E-state index contributed by atoms with van der Waals surface area (Å²) in [7, 11) is 1.38. The lowest BCUT2D eigenvalue weighted by Gasteiger charge is -2.21. The van der Waals surface area contributed by atoms with E-state index in [4.69, 9.17) is 4.74 Å². The number of aryl methyl sites for hydroxylation is 1. The van der Waals surface area contributed by atoms with Crippen molar-refractivity contribution >= 4 is 17.6 Å². The summed E-state index contributed by atoms with van der Waals surface area (Å²) < 4.78 is 4.77. The van der Waals surface area contributed by atoms with E-state index in [1.54, 1.807) is 0 Å². The van der Waals surface area contributed by atoms with Crippen molar-refractivity contribution in [2.45, 2.75) is 25.8 Å². The van der Waals surface area contributed by atoms with Gasteiger partial charge in [-0.15, -0.1) is 0 Å². The van der Waals surface area contributed by atoms with Crippen molar-refractivity contribution in [3.05, 3.63) is 29.8 Å². The van der Waals surface area contributed by atoms with Crippen molar-refractivity contribution in [1.29, 1.82) is 0 Å². The second kappa shape index (κ2) is 6.52. The van der Waals surface area contributed by atoms with Gasteiger partial charge in [0.1, 0.15) is 6.04 Å². The summed E-state index contributed by atoms with van der Waals surface area (Å²) in [5.41, 5.74) is 1.92. The monoisotopic (exact) mass is 276 g/mol. The number of hydrogen-bond acceptors (Lipinski definition) is 4. The number of benzene rings is 1. The first-order chi connectivity index (χ1) is 9.60. The van der Waals surface area contributed by atoms with Gasteiger partial charge < -0.3 is 10.1 Å². The highest BCUT2D eigenvalue weighted by molar-refractivity contribution is 5.92. The van der Waals surface area contributed by atoms with Gasteiger partial charge in [0.15, 0.2) is 0 Å². The van der Waals surface area contributed by atoms with Crippen LogP contribution < -0.4 is 5.32 Å². The Bertz CT molecular complexity index is 484. The van der Waals surface area contributed by atoms with Crippen LogP contribution in [0.2, 0.25) is 0 Å². The van der Waals surface area contributed by atoms with E-state index in [-0.39, 0.29) is 24.5 Å². The minimum Gasteiger partial charge on any atom is -0.468 e. The van der Waals surface area contributed by atoms with Crippen molar-refractivity contribution < 1.29 is 14.3 Å². The van der Waals surface area contributed by atoms with Crippen LogP contribution in [0.4, 0.5) is 5.69 Å². The molecule has 2 rings (SSSR count). The highest BCUT2D eigenvalue weighted by Crippen LogP contribution is 2.18. The second-order valence-electron chi connectivity index (χ2n) is 5.07. The normalized spacial score (nSPS) is 18.8. The number of anilines is 1. The fourth-order valence-electron chi connectivity index (χ4n) is 2.44. The fourth-order valence-corrected chi connectivity index (χ4v) is 2.44. The van der Waals surface area contributed by atoms with Gasteiger partial charge in [-0.25, -0.2) is 0 Å². The number of hydrogen-bond donors (Lipinski definition) is 1. The maximum Gasteiger partial charge on any atom is 0.323 e. The first-order valence-electron chi connectivity index (χ1n) is 6.78. The third kappa shape index (κ3) is 3.57. The zero-order valence-corrected chi connectivity index (χ0v) is 11.9. The number of esters is 1. The van der Waals surface area contributed by atoms with Crippen molar-refractivity contribution in [3.8, 4) is 0 Å². The molecular weight excluding hydrogens is 256 g/mol. The molecule has 5 nitrogen and oxygen atoms in total. The quantitative estimate of drug-likeness (QED) is 0.848. The summed E-state index contributed by atoms with van der Waals surface area (Å²) in [5, 5.41) is 2.84. The molecule has 0 radical (unpaired) electrons. The van der Waals surface area contributed by atoms with Crippen molar-refractivity contribution in [3.63, 3.8) is 0 Å². The van der Waals surface area contributed by atoms with E-state index < -0.39 is 0 Å². The average molecular weight is 276 g/mol. The van der Waals surface area contributed by atoms with Crippen LogP contribution in [0.1, 0.15) is 18.4 Å². The molecule has 1 unspecified atom stereocenters. The van der Waals surface area contributed by atoms with Crippen molar-refractivity contribution in [2.75, 3.05) is 25.5 Å². The van der Waals surface area contributed by atoms with Crippen LogP contribution in [0, 0.1) is 6.92 Å². The van der Waals surface area contributed by atoms with Crippen molar-refractivity contribution in [1.82, 2.24) is 4.90 Å². The lowest BCUT2D eigenvalue weighted by molar-refractivity contribution is -0.146. The lowest BCUT2D eigenvalue weighted by Crippen LogP contribution is -2.41. The van der Waals surface area contributed by atoms with Gasteiger partial charge >= 0.3 is 5.97 Å². The molecule has 1 aliphatic rings. The maximum atomic E-state index is 12.0. The molecule has 0 aliphatic carbocycles. The number of rotatable bonds is 4. The number of nitrogens with one attached hydrogen (secondary N) is 1. The van der Waals surface area contributed by atoms with Gasteiger partial charge in [-0.3, -0.25) is 14.5 Å². The predicted molar refractivity (Wildman–Crippen MR) is 76.4 cm³/mol. The number of amides is 1. The number of likely N-dealkylation sites (tertiary alicyclic amines) is 1. The van der Waals surface area contributed by atoms with Crippen LogP contribution in [0.3, 0.4) is 0 Å². The second-order valence-corrected chi connectivity index (χ2v) is 5.07. The molecule has 1 amide bonds. The van der Waals surface area contributed by atoms with Crippen LogP contribution >= 0.6 is 0 Å². The van der Waals surface area contributed by atoms with Crippen LogP contribution in [0.5, 0.6) is 0 Å². The number of nitrogens with zero attached hydrogens (tertiary/aromatic N) is 1. The highest BCUT2D eigenvalue weighted by Gasteiger charge is 2.32. The number of carbonyl (C=O) groups is 2. The molecular formula is C15H20N2O3.